The van der Waals surface area contributed by atoms with Crippen molar-refractivity contribution < 1.29 is 9.90 Å². The molecule has 2 N–H and O–H groups in total. The fourth-order valence-corrected chi connectivity index (χ4v) is 1.19. The Morgan fingerprint density at radius 3 is 2.53 bits per heavy atom. The van der Waals surface area contributed by atoms with Crippen LogP contribution in [0.25, 0.3) is 0 Å². The molecular formula is C12H21NO2. The lowest BCUT2D eigenvalue weighted by atomic mass is 9.94. The fraction of sp³-hybridized carbons (Fsp3) is 0.583. The van der Waals surface area contributed by atoms with Crippen molar-refractivity contribution in [2.24, 2.45) is 11.8 Å². The molecule has 2 atom stereocenters. The first kappa shape index (κ1) is 13.9. The first-order chi connectivity index (χ1) is 6.99. The van der Waals surface area contributed by atoms with Gasteiger partial charge < -0.3 is 10.4 Å². The minimum atomic E-state index is -0.409. The number of hydrogen-bond acceptors (Lipinski definition) is 2. The molecule has 0 aromatic rings. The minimum absolute atomic E-state index is 0.0144. The molecule has 0 fully saturated rings. The van der Waals surface area contributed by atoms with Crippen LogP contribution in [0.5, 0.6) is 0 Å². The molecule has 0 spiro atoms. The van der Waals surface area contributed by atoms with Gasteiger partial charge in [0, 0.05) is 12.5 Å². The van der Waals surface area contributed by atoms with Crippen LogP contribution in [0.15, 0.2) is 24.8 Å². The maximum Gasteiger partial charge on any atom is 0.243 e. The highest BCUT2D eigenvalue weighted by molar-refractivity contribution is 5.87. The summed E-state index contributed by atoms with van der Waals surface area (Å²) < 4.78 is 0. The summed E-state index contributed by atoms with van der Waals surface area (Å²) in [5, 5.41) is 12.3. The molecule has 0 aromatic carbocycles. The Balaban J connectivity index is 4.04. The number of hydrogen-bond donors (Lipinski definition) is 2. The first-order valence-corrected chi connectivity index (χ1v) is 5.24. The fourth-order valence-electron chi connectivity index (χ4n) is 1.19. The zero-order valence-electron chi connectivity index (χ0n) is 9.73. The Kier molecular flexibility index (Phi) is 6.71. The Morgan fingerprint density at radius 2 is 2.07 bits per heavy atom. The van der Waals surface area contributed by atoms with E-state index >= 15 is 0 Å². The van der Waals surface area contributed by atoms with Gasteiger partial charge in [0.2, 0.25) is 5.91 Å². The molecule has 0 heterocycles. The van der Waals surface area contributed by atoms with Crippen molar-refractivity contribution in [3.63, 3.8) is 0 Å². The normalized spacial score (nSPS) is 15.3. The molecule has 86 valence electrons. The summed E-state index contributed by atoms with van der Waals surface area (Å²) in [6, 6.07) is 0. The van der Waals surface area contributed by atoms with Gasteiger partial charge in [-0.2, -0.15) is 0 Å². The first-order valence-electron chi connectivity index (χ1n) is 5.24. The lowest BCUT2D eigenvalue weighted by Crippen LogP contribution is -2.24. The Labute approximate surface area is 91.9 Å². The predicted octanol–water partition coefficient (Wildman–Crippen LogP) is 1.50. The van der Waals surface area contributed by atoms with Gasteiger partial charge in [0.15, 0.2) is 0 Å². The van der Waals surface area contributed by atoms with Gasteiger partial charge in [0.25, 0.3) is 0 Å². The molecule has 0 bridgehead atoms. The number of carbonyl (C=O) groups excluding carboxylic acids is 1. The minimum Gasteiger partial charge on any atom is -0.392 e. The predicted molar refractivity (Wildman–Crippen MR) is 62.4 cm³/mol. The van der Waals surface area contributed by atoms with Crippen LogP contribution < -0.4 is 5.32 Å². The Morgan fingerprint density at radius 1 is 1.47 bits per heavy atom. The SMILES string of the molecule is C=CCNC(=O)/C=C/[C@@H](C)[C@H](O)C(C)C. The highest BCUT2D eigenvalue weighted by atomic mass is 16.3. The second kappa shape index (κ2) is 7.23. The van der Waals surface area contributed by atoms with Crippen molar-refractivity contribution in [1.82, 2.24) is 5.32 Å². The third kappa shape index (κ3) is 6.07. The van der Waals surface area contributed by atoms with Crippen LogP contribution in [0.3, 0.4) is 0 Å². The van der Waals surface area contributed by atoms with Gasteiger partial charge in [-0.3, -0.25) is 4.79 Å². The van der Waals surface area contributed by atoms with E-state index in [4.69, 9.17) is 0 Å². The van der Waals surface area contributed by atoms with Gasteiger partial charge in [-0.1, -0.05) is 32.9 Å². The van der Waals surface area contributed by atoms with Gasteiger partial charge >= 0.3 is 0 Å². The third-order valence-electron chi connectivity index (χ3n) is 2.19. The zero-order valence-corrected chi connectivity index (χ0v) is 9.73. The summed E-state index contributed by atoms with van der Waals surface area (Å²) >= 11 is 0. The molecule has 0 aliphatic heterocycles. The molecule has 1 amide bonds. The van der Waals surface area contributed by atoms with E-state index in [0.717, 1.165) is 0 Å². The number of aliphatic hydroxyl groups excluding tert-OH is 1. The second-order valence-electron chi connectivity index (χ2n) is 3.99. The van der Waals surface area contributed by atoms with Gasteiger partial charge in [-0.15, -0.1) is 6.58 Å². The molecule has 0 aromatic heterocycles. The van der Waals surface area contributed by atoms with E-state index in [2.05, 4.69) is 11.9 Å². The molecule has 15 heavy (non-hydrogen) atoms. The average Bonchev–Trinajstić information content (AvgIpc) is 2.21. The summed E-state index contributed by atoms with van der Waals surface area (Å²) in [6.07, 6.45) is 4.40. The summed E-state index contributed by atoms with van der Waals surface area (Å²) in [7, 11) is 0. The van der Waals surface area contributed by atoms with Crippen LogP contribution in [0.2, 0.25) is 0 Å². The number of aliphatic hydroxyl groups is 1. The van der Waals surface area contributed by atoms with E-state index in [1.807, 2.05) is 20.8 Å². The Hall–Kier alpha value is -1.09. The van der Waals surface area contributed by atoms with Crippen LogP contribution in [-0.4, -0.2) is 23.7 Å². The quantitative estimate of drug-likeness (QED) is 0.516. The summed E-state index contributed by atoms with van der Waals surface area (Å²) in [6.45, 7) is 9.76. The third-order valence-corrected chi connectivity index (χ3v) is 2.19. The van der Waals surface area contributed by atoms with Gasteiger partial charge in [0.1, 0.15) is 0 Å². The van der Waals surface area contributed by atoms with Crippen LogP contribution in [-0.2, 0) is 4.79 Å². The summed E-state index contributed by atoms with van der Waals surface area (Å²) in [5.74, 6) is 0.0260. The molecule has 0 saturated carbocycles. The van der Waals surface area contributed by atoms with E-state index in [9.17, 15) is 9.90 Å². The van der Waals surface area contributed by atoms with Crippen LogP contribution in [0.1, 0.15) is 20.8 Å². The van der Waals surface area contributed by atoms with Crippen molar-refractivity contribution in [2.45, 2.75) is 26.9 Å². The van der Waals surface area contributed by atoms with E-state index < -0.39 is 6.10 Å². The highest BCUT2D eigenvalue weighted by Crippen LogP contribution is 2.13. The van der Waals surface area contributed by atoms with Crippen molar-refractivity contribution >= 4 is 5.91 Å². The van der Waals surface area contributed by atoms with Gasteiger partial charge in [-0.25, -0.2) is 0 Å². The van der Waals surface area contributed by atoms with E-state index in [1.54, 1.807) is 12.2 Å². The number of amides is 1. The molecule has 0 rings (SSSR count). The average molecular weight is 211 g/mol. The lowest BCUT2D eigenvalue weighted by molar-refractivity contribution is -0.116. The van der Waals surface area contributed by atoms with E-state index in [1.165, 1.54) is 6.08 Å². The number of rotatable bonds is 6. The van der Waals surface area contributed by atoms with Crippen LogP contribution in [0.4, 0.5) is 0 Å². The monoisotopic (exact) mass is 211 g/mol. The van der Waals surface area contributed by atoms with Crippen LogP contribution in [0, 0.1) is 11.8 Å². The van der Waals surface area contributed by atoms with Crippen molar-refractivity contribution in [1.29, 1.82) is 0 Å². The molecule has 3 nitrogen and oxygen atoms in total. The van der Waals surface area contributed by atoms with Crippen molar-refractivity contribution in [3.8, 4) is 0 Å². The van der Waals surface area contributed by atoms with E-state index in [-0.39, 0.29) is 17.7 Å². The summed E-state index contributed by atoms with van der Waals surface area (Å²) in [4.78, 5) is 11.2. The molecule has 0 unspecified atom stereocenters. The van der Waals surface area contributed by atoms with Gasteiger partial charge in [0.05, 0.1) is 6.10 Å². The molecule has 0 radical (unpaired) electrons. The lowest BCUT2D eigenvalue weighted by Gasteiger charge is -2.18. The van der Waals surface area contributed by atoms with Crippen molar-refractivity contribution in [2.75, 3.05) is 6.54 Å². The van der Waals surface area contributed by atoms with Crippen LogP contribution >= 0.6 is 0 Å². The standard InChI is InChI=1S/C12H21NO2/c1-5-8-13-11(14)7-6-10(4)12(15)9(2)3/h5-7,9-10,12,15H,1,8H2,2-4H3,(H,13,14)/b7-6+/t10-,12-/m1/s1. The maximum absolute atomic E-state index is 11.2. The molecule has 0 saturated heterocycles. The smallest absolute Gasteiger partial charge is 0.243 e. The highest BCUT2D eigenvalue weighted by Gasteiger charge is 2.15. The maximum atomic E-state index is 11.2. The van der Waals surface area contributed by atoms with E-state index in [0.29, 0.717) is 6.54 Å². The topological polar surface area (TPSA) is 49.3 Å². The van der Waals surface area contributed by atoms with Crippen molar-refractivity contribution in [3.05, 3.63) is 24.8 Å². The molecule has 0 aliphatic rings. The zero-order chi connectivity index (χ0) is 11.8. The molecular weight excluding hydrogens is 190 g/mol. The molecule has 3 heteroatoms. The summed E-state index contributed by atoms with van der Waals surface area (Å²) in [5.41, 5.74) is 0. The Bertz CT molecular complexity index is 234. The van der Waals surface area contributed by atoms with Gasteiger partial charge in [-0.05, 0) is 12.0 Å². The second-order valence-corrected chi connectivity index (χ2v) is 3.99. The molecule has 0 aliphatic carbocycles. The number of nitrogens with one attached hydrogen (secondary N) is 1. The largest absolute Gasteiger partial charge is 0.392 e. The number of carbonyl (C=O) groups is 1.